The van der Waals surface area contributed by atoms with Crippen LogP contribution in [0.3, 0.4) is 0 Å². The summed E-state index contributed by atoms with van der Waals surface area (Å²) in [6, 6.07) is -0.196. The van der Waals surface area contributed by atoms with Gasteiger partial charge in [0.2, 0.25) is 5.91 Å². The van der Waals surface area contributed by atoms with Crippen LogP contribution in [0.4, 0.5) is 0 Å². The summed E-state index contributed by atoms with van der Waals surface area (Å²) >= 11 is 0. The van der Waals surface area contributed by atoms with E-state index in [4.69, 9.17) is 0 Å². The molecule has 4 nitrogen and oxygen atoms in total. The van der Waals surface area contributed by atoms with Gasteiger partial charge in [0.1, 0.15) is 0 Å². The fourth-order valence-electron chi connectivity index (χ4n) is 2.04. The second-order valence-corrected chi connectivity index (χ2v) is 6.02. The number of amides is 1. The van der Waals surface area contributed by atoms with E-state index in [-0.39, 0.29) is 17.4 Å². The number of hydrogen-bond acceptors (Lipinski definition) is 3. The van der Waals surface area contributed by atoms with Gasteiger partial charge >= 0.3 is 0 Å². The van der Waals surface area contributed by atoms with E-state index in [1.165, 1.54) is 0 Å². The first-order valence-corrected chi connectivity index (χ1v) is 6.94. The molecule has 0 saturated carbocycles. The highest BCUT2D eigenvalue weighted by molar-refractivity contribution is 5.81. The molecule has 2 atom stereocenters. The van der Waals surface area contributed by atoms with Gasteiger partial charge in [0.05, 0.1) is 6.04 Å². The van der Waals surface area contributed by atoms with Crippen molar-refractivity contribution < 1.29 is 4.79 Å². The Balaban J connectivity index is 4.31. The van der Waals surface area contributed by atoms with Gasteiger partial charge in [-0.1, -0.05) is 34.1 Å². The second-order valence-electron chi connectivity index (χ2n) is 6.02. The van der Waals surface area contributed by atoms with Crippen molar-refractivity contribution in [3.63, 3.8) is 0 Å². The van der Waals surface area contributed by atoms with Crippen LogP contribution in [-0.4, -0.2) is 37.6 Å². The summed E-state index contributed by atoms with van der Waals surface area (Å²) in [5, 5.41) is 4.87. The van der Waals surface area contributed by atoms with E-state index in [2.05, 4.69) is 38.4 Å². The average molecular weight is 257 g/mol. The molecule has 0 fully saturated rings. The maximum atomic E-state index is 12.0. The molecule has 0 aliphatic rings. The molecule has 0 heterocycles. The van der Waals surface area contributed by atoms with Crippen molar-refractivity contribution in [3.8, 4) is 0 Å². The van der Waals surface area contributed by atoms with Crippen LogP contribution in [0.2, 0.25) is 0 Å². The van der Waals surface area contributed by atoms with Gasteiger partial charge in [0, 0.05) is 20.6 Å². The SMILES string of the molecule is CCCC(C)(CNC(=O)C(C)NN(C)C)C(C)C. The number of nitrogens with zero attached hydrogens (tertiary/aromatic N) is 1. The molecule has 0 radical (unpaired) electrons. The van der Waals surface area contributed by atoms with Crippen molar-refractivity contribution >= 4 is 5.91 Å². The quantitative estimate of drug-likeness (QED) is 0.654. The number of rotatable bonds is 8. The van der Waals surface area contributed by atoms with Crippen LogP contribution in [0.15, 0.2) is 0 Å². The van der Waals surface area contributed by atoms with Crippen LogP contribution in [-0.2, 0) is 4.79 Å². The highest BCUT2D eigenvalue weighted by atomic mass is 16.2. The predicted octanol–water partition coefficient (Wildman–Crippen LogP) is 2.02. The van der Waals surface area contributed by atoms with Gasteiger partial charge in [-0.2, -0.15) is 0 Å². The van der Waals surface area contributed by atoms with Crippen LogP contribution in [0.1, 0.15) is 47.5 Å². The van der Waals surface area contributed by atoms with Crippen molar-refractivity contribution in [1.29, 1.82) is 0 Å². The van der Waals surface area contributed by atoms with Crippen LogP contribution in [0, 0.1) is 11.3 Å². The Morgan fingerprint density at radius 2 is 1.83 bits per heavy atom. The minimum atomic E-state index is -0.196. The van der Waals surface area contributed by atoms with Gasteiger partial charge in [0.15, 0.2) is 0 Å². The number of carbonyl (C=O) groups excluding carboxylic acids is 1. The molecule has 0 saturated heterocycles. The van der Waals surface area contributed by atoms with Crippen molar-refractivity contribution in [3.05, 3.63) is 0 Å². The van der Waals surface area contributed by atoms with Gasteiger partial charge in [-0.3, -0.25) is 4.79 Å². The number of nitrogens with one attached hydrogen (secondary N) is 2. The summed E-state index contributed by atoms with van der Waals surface area (Å²) in [6.45, 7) is 11.5. The van der Waals surface area contributed by atoms with Gasteiger partial charge in [-0.15, -0.1) is 0 Å². The lowest BCUT2D eigenvalue weighted by molar-refractivity contribution is -0.124. The fraction of sp³-hybridized carbons (Fsp3) is 0.929. The molecule has 4 heteroatoms. The smallest absolute Gasteiger partial charge is 0.238 e. The molecule has 18 heavy (non-hydrogen) atoms. The monoisotopic (exact) mass is 257 g/mol. The Bertz CT molecular complexity index is 253. The minimum absolute atomic E-state index is 0.0617. The number of hydrogen-bond donors (Lipinski definition) is 2. The molecule has 108 valence electrons. The first-order chi connectivity index (χ1) is 8.23. The zero-order chi connectivity index (χ0) is 14.3. The van der Waals surface area contributed by atoms with Crippen molar-refractivity contribution in [1.82, 2.24) is 15.8 Å². The Labute approximate surface area is 112 Å². The maximum Gasteiger partial charge on any atom is 0.238 e. The number of hydrazine groups is 1. The normalized spacial score (nSPS) is 16.7. The summed E-state index contributed by atoms with van der Waals surface area (Å²) in [5.41, 5.74) is 3.24. The first-order valence-electron chi connectivity index (χ1n) is 6.94. The third kappa shape index (κ3) is 5.83. The predicted molar refractivity (Wildman–Crippen MR) is 77.1 cm³/mol. The third-order valence-corrected chi connectivity index (χ3v) is 3.73. The van der Waals surface area contributed by atoms with Crippen molar-refractivity contribution in [2.24, 2.45) is 11.3 Å². The fourth-order valence-corrected chi connectivity index (χ4v) is 2.04. The van der Waals surface area contributed by atoms with Crippen LogP contribution < -0.4 is 10.7 Å². The summed E-state index contributed by atoms with van der Waals surface area (Å²) in [4.78, 5) is 12.0. The molecule has 2 N–H and O–H groups in total. The Morgan fingerprint density at radius 3 is 2.22 bits per heavy atom. The molecule has 0 aliphatic heterocycles. The molecule has 2 unspecified atom stereocenters. The Kier molecular flexibility index (Phi) is 7.48. The highest BCUT2D eigenvalue weighted by Gasteiger charge is 2.28. The molecular formula is C14H31N3O. The molecule has 1 amide bonds. The van der Waals surface area contributed by atoms with E-state index in [0.29, 0.717) is 5.92 Å². The van der Waals surface area contributed by atoms with Gasteiger partial charge < -0.3 is 5.32 Å². The molecule has 0 aromatic rings. The van der Waals surface area contributed by atoms with E-state index >= 15 is 0 Å². The maximum absolute atomic E-state index is 12.0. The lowest BCUT2D eigenvalue weighted by atomic mass is 9.75. The van der Waals surface area contributed by atoms with Crippen LogP contribution in [0.25, 0.3) is 0 Å². The van der Waals surface area contributed by atoms with E-state index in [1.54, 1.807) is 5.01 Å². The van der Waals surface area contributed by atoms with Crippen LogP contribution >= 0.6 is 0 Å². The van der Waals surface area contributed by atoms with Crippen molar-refractivity contribution in [2.45, 2.75) is 53.5 Å². The summed E-state index contributed by atoms with van der Waals surface area (Å²) in [5.74, 6) is 0.626. The molecule has 0 aromatic carbocycles. The average Bonchev–Trinajstić information content (AvgIpc) is 2.25. The lowest BCUT2D eigenvalue weighted by Crippen LogP contribution is -2.50. The second kappa shape index (κ2) is 7.74. The zero-order valence-corrected chi connectivity index (χ0v) is 13.1. The van der Waals surface area contributed by atoms with Crippen molar-refractivity contribution in [2.75, 3.05) is 20.6 Å². The molecule has 0 rings (SSSR count). The van der Waals surface area contributed by atoms with Gasteiger partial charge in [-0.05, 0) is 24.7 Å². The third-order valence-electron chi connectivity index (χ3n) is 3.73. The molecule has 0 bridgehead atoms. The Morgan fingerprint density at radius 1 is 1.28 bits per heavy atom. The van der Waals surface area contributed by atoms with E-state index in [0.717, 1.165) is 19.4 Å². The zero-order valence-electron chi connectivity index (χ0n) is 13.1. The highest BCUT2D eigenvalue weighted by Crippen LogP contribution is 2.31. The minimum Gasteiger partial charge on any atom is -0.354 e. The van der Waals surface area contributed by atoms with Gasteiger partial charge in [0.25, 0.3) is 0 Å². The standard InChI is InChI=1S/C14H31N3O/c1-8-9-14(5,11(2)3)10-15-13(18)12(4)16-17(6)7/h11-12,16H,8-10H2,1-7H3,(H,15,18). The van der Waals surface area contributed by atoms with Gasteiger partial charge in [-0.25, -0.2) is 10.4 Å². The molecular weight excluding hydrogens is 226 g/mol. The molecule has 0 spiro atoms. The molecule has 0 aromatic heterocycles. The largest absolute Gasteiger partial charge is 0.354 e. The summed E-state index contributed by atoms with van der Waals surface area (Å²) in [7, 11) is 3.78. The Hall–Kier alpha value is -0.610. The van der Waals surface area contributed by atoms with E-state index in [9.17, 15) is 4.79 Å². The van der Waals surface area contributed by atoms with E-state index in [1.807, 2.05) is 21.0 Å². The first kappa shape index (κ1) is 17.4. The summed E-state index contributed by atoms with van der Waals surface area (Å²) < 4.78 is 0. The summed E-state index contributed by atoms with van der Waals surface area (Å²) in [6.07, 6.45) is 2.29. The number of carbonyl (C=O) groups is 1. The topological polar surface area (TPSA) is 44.4 Å². The molecule has 0 aliphatic carbocycles. The van der Waals surface area contributed by atoms with E-state index < -0.39 is 0 Å². The van der Waals surface area contributed by atoms with Crippen LogP contribution in [0.5, 0.6) is 0 Å². The lowest BCUT2D eigenvalue weighted by Gasteiger charge is -2.34.